The van der Waals surface area contributed by atoms with Gasteiger partial charge < -0.3 is 0 Å². The average Bonchev–Trinajstić information content (AvgIpc) is 2.37. The minimum atomic E-state index is -3.62. The van der Waals surface area contributed by atoms with Crippen molar-refractivity contribution in [2.24, 2.45) is 0 Å². The molecule has 0 aliphatic heterocycles. The van der Waals surface area contributed by atoms with Crippen LogP contribution in [0.1, 0.15) is 30.9 Å². The number of rotatable bonds is 4. The van der Waals surface area contributed by atoms with Gasteiger partial charge in [0.25, 0.3) is 10.0 Å². The second-order valence-corrected chi connectivity index (χ2v) is 7.41. The van der Waals surface area contributed by atoms with Gasteiger partial charge in [-0.05, 0) is 54.3 Å². The number of hydrogen-bond acceptors (Lipinski definition) is 2. The number of sulfonamides is 1. The number of benzene rings is 2. The fourth-order valence-corrected chi connectivity index (χ4v) is 3.59. The molecule has 0 aliphatic carbocycles. The molecule has 0 aromatic heterocycles. The van der Waals surface area contributed by atoms with Gasteiger partial charge in [-0.2, -0.15) is 0 Å². The van der Waals surface area contributed by atoms with Crippen molar-refractivity contribution in [2.75, 3.05) is 4.72 Å². The Morgan fingerprint density at radius 3 is 2.38 bits per heavy atom. The van der Waals surface area contributed by atoms with E-state index in [-0.39, 0.29) is 4.90 Å². The first-order valence-electron chi connectivity index (χ1n) is 6.68. The summed E-state index contributed by atoms with van der Waals surface area (Å²) in [4.78, 5) is 0.153. The highest BCUT2D eigenvalue weighted by Gasteiger charge is 2.15. The largest absolute Gasteiger partial charge is 0.280 e. The maximum Gasteiger partial charge on any atom is 0.261 e. The van der Waals surface area contributed by atoms with Crippen LogP contribution in [0.5, 0.6) is 0 Å². The fourth-order valence-electron chi connectivity index (χ4n) is 2.24. The summed E-state index contributed by atoms with van der Waals surface area (Å²) >= 11 is 5.84. The normalized spacial score (nSPS) is 11.7. The number of aryl methyl sites for hydroxylation is 1. The molecular weight excluding hydrogens is 306 g/mol. The predicted molar refractivity (Wildman–Crippen MR) is 87.5 cm³/mol. The zero-order valence-corrected chi connectivity index (χ0v) is 13.8. The quantitative estimate of drug-likeness (QED) is 0.895. The van der Waals surface area contributed by atoms with Gasteiger partial charge in [-0.1, -0.05) is 37.6 Å². The van der Waals surface area contributed by atoms with Crippen LogP contribution in [0, 0.1) is 6.92 Å². The molecule has 2 aromatic carbocycles. The average molecular weight is 324 g/mol. The number of nitrogens with one attached hydrogen (secondary N) is 1. The van der Waals surface area contributed by atoms with Gasteiger partial charge in [0.05, 0.1) is 4.90 Å². The van der Waals surface area contributed by atoms with Crippen molar-refractivity contribution in [1.82, 2.24) is 0 Å². The van der Waals surface area contributed by atoms with Crippen LogP contribution in [-0.2, 0) is 10.0 Å². The zero-order chi connectivity index (χ0) is 15.6. The molecule has 0 aliphatic rings. The van der Waals surface area contributed by atoms with E-state index in [1.807, 2.05) is 19.1 Å². The van der Waals surface area contributed by atoms with E-state index in [4.69, 9.17) is 11.6 Å². The van der Waals surface area contributed by atoms with Gasteiger partial charge in [-0.25, -0.2) is 8.42 Å². The van der Waals surface area contributed by atoms with Crippen molar-refractivity contribution in [3.63, 3.8) is 0 Å². The van der Waals surface area contributed by atoms with Crippen molar-refractivity contribution in [3.8, 4) is 0 Å². The topological polar surface area (TPSA) is 46.2 Å². The lowest BCUT2D eigenvalue weighted by Gasteiger charge is -2.13. The molecule has 0 saturated heterocycles. The van der Waals surface area contributed by atoms with E-state index >= 15 is 0 Å². The van der Waals surface area contributed by atoms with E-state index in [0.717, 1.165) is 5.56 Å². The van der Waals surface area contributed by atoms with Gasteiger partial charge in [-0.15, -0.1) is 0 Å². The van der Waals surface area contributed by atoms with Gasteiger partial charge >= 0.3 is 0 Å². The van der Waals surface area contributed by atoms with Crippen LogP contribution in [0.4, 0.5) is 5.69 Å². The van der Waals surface area contributed by atoms with Crippen molar-refractivity contribution < 1.29 is 8.42 Å². The van der Waals surface area contributed by atoms with Crippen LogP contribution in [0.25, 0.3) is 0 Å². The first-order chi connectivity index (χ1) is 9.79. The molecule has 0 spiro atoms. The Balaban J connectivity index is 2.31. The van der Waals surface area contributed by atoms with E-state index in [9.17, 15) is 8.42 Å². The van der Waals surface area contributed by atoms with Crippen molar-refractivity contribution in [3.05, 3.63) is 58.6 Å². The summed E-state index contributed by atoms with van der Waals surface area (Å²) < 4.78 is 27.2. The van der Waals surface area contributed by atoms with Crippen LogP contribution in [0.3, 0.4) is 0 Å². The number of hydrogen-bond donors (Lipinski definition) is 1. The third kappa shape index (κ3) is 3.77. The molecule has 0 heterocycles. The maximum absolute atomic E-state index is 12.3. The Morgan fingerprint density at radius 2 is 1.81 bits per heavy atom. The highest BCUT2D eigenvalue weighted by Crippen LogP contribution is 2.24. The van der Waals surface area contributed by atoms with Gasteiger partial charge in [0.15, 0.2) is 0 Å². The van der Waals surface area contributed by atoms with Crippen molar-refractivity contribution in [1.29, 1.82) is 0 Å². The number of anilines is 1. The van der Waals surface area contributed by atoms with E-state index in [2.05, 4.69) is 18.6 Å². The first-order valence-corrected chi connectivity index (χ1v) is 8.54. The lowest BCUT2D eigenvalue weighted by atomic mass is 9.98. The molecule has 2 rings (SSSR count). The van der Waals surface area contributed by atoms with Gasteiger partial charge in [-0.3, -0.25) is 4.72 Å². The molecule has 112 valence electrons. The highest BCUT2D eigenvalue weighted by molar-refractivity contribution is 7.92. The van der Waals surface area contributed by atoms with Gasteiger partial charge in [0.2, 0.25) is 0 Å². The molecule has 0 bridgehead atoms. The lowest BCUT2D eigenvalue weighted by Crippen LogP contribution is -2.13. The molecule has 0 unspecified atom stereocenters. The first kappa shape index (κ1) is 15.9. The molecule has 21 heavy (non-hydrogen) atoms. The van der Waals surface area contributed by atoms with E-state index < -0.39 is 10.0 Å². The second-order valence-electron chi connectivity index (χ2n) is 5.29. The Kier molecular flexibility index (Phi) is 4.59. The Morgan fingerprint density at radius 1 is 1.10 bits per heavy atom. The third-order valence-electron chi connectivity index (χ3n) is 3.25. The Labute approximate surface area is 131 Å². The summed E-state index contributed by atoms with van der Waals surface area (Å²) in [5.41, 5.74) is 2.83. The van der Waals surface area contributed by atoms with Crippen LogP contribution < -0.4 is 4.72 Å². The monoisotopic (exact) mass is 323 g/mol. The van der Waals surface area contributed by atoms with E-state index in [1.54, 1.807) is 18.2 Å². The predicted octanol–water partition coefficient (Wildman–Crippen LogP) is 4.57. The molecule has 3 nitrogen and oxygen atoms in total. The number of halogens is 1. The van der Waals surface area contributed by atoms with Crippen LogP contribution >= 0.6 is 11.6 Å². The van der Waals surface area contributed by atoms with E-state index in [1.165, 1.54) is 17.7 Å². The smallest absolute Gasteiger partial charge is 0.261 e. The maximum atomic E-state index is 12.3. The summed E-state index contributed by atoms with van der Waals surface area (Å²) in [6.07, 6.45) is 0. The molecule has 0 radical (unpaired) electrons. The minimum absolute atomic E-state index is 0.153. The second kappa shape index (κ2) is 6.08. The highest BCUT2D eigenvalue weighted by atomic mass is 35.5. The molecule has 1 N–H and O–H groups in total. The van der Waals surface area contributed by atoms with Gasteiger partial charge in [0.1, 0.15) is 0 Å². The molecule has 0 atom stereocenters. The third-order valence-corrected chi connectivity index (χ3v) is 4.86. The SMILES string of the molecule is Cc1cc(NS(=O)(=O)c2cccc(Cl)c2)ccc1C(C)C. The summed E-state index contributed by atoms with van der Waals surface area (Å²) in [5.74, 6) is 0.406. The summed E-state index contributed by atoms with van der Waals surface area (Å²) in [6.45, 7) is 6.20. The minimum Gasteiger partial charge on any atom is -0.280 e. The molecule has 0 amide bonds. The molecular formula is C16H18ClNO2S. The zero-order valence-electron chi connectivity index (χ0n) is 12.2. The lowest BCUT2D eigenvalue weighted by molar-refractivity contribution is 0.601. The summed E-state index contributed by atoms with van der Waals surface area (Å²) in [6, 6.07) is 11.8. The van der Waals surface area contributed by atoms with Crippen molar-refractivity contribution >= 4 is 27.3 Å². The van der Waals surface area contributed by atoms with E-state index in [0.29, 0.717) is 16.6 Å². The fraction of sp³-hybridized carbons (Fsp3) is 0.250. The Hall–Kier alpha value is -1.52. The Bertz CT molecular complexity index is 755. The van der Waals surface area contributed by atoms with Gasteiger partial charge in [0, 0.05) is 10.7 Å². The standard InChI is InChI=1S/C16H18ClNO2S/c1-11(2)16-8-7-14(9-12(16)3)18-21(19,20)15-6-4-5-13(17)10-15/h4-11,18H,1-3H3. The summed E-state index contributed by atoms with van der Waals surface area (Å²) in [7, 11) is -3.62. The molecule has 0 saturated carbocycles. The van der Waals surface area contributed by atoms with Crippen LogP contribution in [0.15, 0.2) is 47.4 Å². The molecule has 5 heteroatoms. The molecule has 0 fully saturated rings. The van der Waals surface area contributed by atoms with Crippen LogP contribution in [0.2, 0.25) is 5.02 Å². The van der Waals surface area contributed by atoms with Crippen molar-refractivity contribution in [2.45, 2.75) is 31.6 Å². The summed E-state index contributed by atoms with van der Waals surface area (Å²) in [5, 5.41) is 0.393. The van der Waals surface area contributed by atoms with Crippen LogP contribution in [-0.4, -0.2) is 8.42 Å². The molecule has 2 aromatic rings.